The molecule has 2 atom stereocenters. The van der Waals surface area contributed by atoms with Crippen molar-refractivity contribution in [2.75, 3.05) is 26.7 Å². The van der Waals surface area contributed by atoms with Crippen molar-refractivity contribution >= 4 is 48.9 Å². The van der Waals surface area contributed by atoms with Crippen LogP contribution in [0.4, 0.5) is 0 Å². The molecular formula is C13H18BrClN2O2S2. The molecule has 2 saturated heterocycles. The van der Waals surface area contributed by atoms with E-state index in [4.69, 9.17) is 11.6 Å². The van der Waals surface area contributed by atoms with Gasteiger partial charge in [-0.05, 0) is 60.8 Å². The van der Waals surface area contributed by atoms with E-state index in [9.17, 15) is 8.42 Å². The van der Waals surface area contributed by atoms with Crippen LogP contribution in [-0.4, -0.2) is 50.3 Å². The van der Waals surface area contributed by atoms with Crippen molar-refractivity contribution in [1.82, 2.24) is 9.21 Å². The summed E-state index contributed by atoms with van der Waals surface area (Å²) in [6.45, 7) is 2.35. The molecule has 4 nitrogen and oxygen atoms in total. The smallest absolute Gasteiger partial charge is 0.252 e. The maximum atomic E-state index is 12.8. The van der Waals surface area contributed by atoms with Crippen LogP contribution < -0.4 is 0 Å². The van der Waals surface area contributed by atoms with Gasteiger partial charge in [0, 0.05) is 19.1 Å². The Morgan fingerprint density at radius 1 is 1.38 bits per heavy atom. The van der Waals surface area contributed by atoms with E-state index in [0.29, 0.717) is 38.1 Å². The third-order valence-corrected chi connectivity index (χ3v) is 9.31. The van der Waals surface area contributed by atoms with Gasteiger partial charge in [-0.15, -0.1) is 11.3 Å². The van der Waals surface area contributed by atoms with E-state index < -0.39 is 10.0 Å². The van der Waals surface area contributed by atoms with Gasteiger partial charge in [0.1, 0.15) is 4.21 Å². The molecule has 0 radical (unpaired) electrons. The number of nitrogens with zero attached hydrogens (tertiary/aromatic N) is 2. The summed E-state index contributed by atoms with van der Waals surface area (Å²) in [6.07, 6.45) is 3.19. The van der Waals surface area contributed by atoms with Crippen LogP contribution in [0.5, 0.6) is 0 Å². The zero-order chi connectivity index (χ0) is 15.2. The molecule has 3 rings (SSSR count). The standard InChI is InChI=1S/C13H18BrClN2O2S2/c1-16-5-2-3-9-8-17(6-4-11(9)16)21(18,19)12-7-10(15)13(14)20-12/h7,9,11H,2-6,8H2,1H3. The predicted molar refractivity (Wildman–Crippen MR) is 89.5 cm³/mol. The first-order valence-corrected chi connectivity index (χ1v) is 10.5. The zero-order valence-corrected chi connectivity index (χ0v) is 15.7. The highest BCUT2D eigenvalue weighted by Gasteiger charge is 2.39. The first-order valence-electron chi connectivity index (χ1n) is 7.05. The molecule has 2 fully saturated rings. The van der Waals surface area contributed by atoms with E-state index in [1.54, 1.807) is 10.4 Å². The summed E-state index contributed by atoms with van der Waals surface area (Å²) in [7, 11) is -1.26. The van der Waals surface area contributed by atoms with E-state index >= 15 is 0 Å². The van der Waals surface area contributed by atoms with Gasteiger partial charge in [-0.3, -0.25) is 0 Å². The Kier molecular flexibility index (Phi) is 4.70. The van der Waals surface area contributed by atoms with Gasteiger partial charge in [0.2, 0.25) is 0 Å². The van der Waals surface area contributed by atoms with Crippen molar-refractivity contribution in [2.24, 2.45) is 5.92 Å². The molecule has 0 aromatic carbocycles. The number of thiophene rings is 1. The van der Waals surface area contributed by atoms with Crippen molar-refractivity contribution in [3.05, 3.63) is 14.9 Å². The number of sulfonamides is 1. The second-order valence-electron chi connectivity index (χ2n) is 5.79. The van der Waals surface area contributed by atoms with Crippen LogP contribution in [0.1, 0.15) is 19.3 Å². The normalized spacial score (nSPS) is 28.5. The van der Waals surface area contributed by atoms with Crippen LogP contribution in [0.25, 0.3) is 0 Å². The molecular weight excluding hydrogens is 396 g/mol. The van der Waals surface area contributed by atoms with Crippen molar-refractivity contribution in [3.63, 3.8) is 0 Å². The van der Waals surface area contributed by atoms with Crippen LogP contribution in [0, 0.1) is 5.92 Å². The van der Waals surface area contributed by atoms with E-state index in [1.165, 1.54) is 11.3 Å². The fourth-order valence-electron chi connectivity index (χ4n) is 3.42. The molecule has 0 N–H and O–H groups in total. The highest BCUT2D eigenvalue weighted by Crippen LogP contribution is 2.38. The minimum atomic E-state index is -3.41. The Labute approximate surface area is 143 Å². The van der Waals surface area contributed by atoms with E-state index in [2.05, 4.69) is 27.9 Å². The van der Waals surface area contributed by atoms with Crippen LogP contribution in [0.2, 0.25) is 5.02 Å². The molecule has 2 unspecified atom stereocenters. The molecule has 0 spiro atoms. The summed E-state index contributed by atoms with van der Waals surface area (Å²) < 4.78 is 28.2. The van der Waals surface area contributed by atoms with E-state index in [1.807, 2.05) is 0 Å². The minimum Gasteiger partial charge on any atom is -0.303 e. The van der Waals surface area contributed by atoms with Gasteiger partial charge in [-0.2, -0.15) is 4.31 Å². The number of likely N-dealkylation sites (tertiary alicyclic amines) is 1. The number of fused-ring (bicyclic) bond motifs is 1. The lowest BCUT2D eigenvalue weighted by Crippen LogP contribution is -2.53. The molecule has 2 aliphatic rings. The number of hydrogen-bond acceptors (Lipinski definition) is 4. The molecule has 118 valence electrons. The van der Waals surface area contributed by atoms with Gasteiger partial charge in [0.25, 0.3) is 10.0 Å². The SMILES string of the molecule is CN1CCCC2CN(S(=O)(=O)c3cc(Cl)c(Br)s3)CCC21. The average molecular weight is 414 g/mol. The van der Waals surface area contributed by atoms with Gasteiger partial charge in [0.05, 0.1) is 8.81 Å². The fraction of sp³-hybridized carbons (Fsp3) is 0.692. The highest BCUT2D eigenvalue weighted by atomic mass is 79.9. The van der Waals surface area contributed by atoms with Crippen LogP contribution in [-0.2, 0) is 10.0 Å². The van der Waals surface area contributed by atoms with Crippen molar-refractivity contribution in [3.8, 4) is 0 Å². The average Bonchev–Trinajstić information content (AvgIpc) is 2.79. The molecule has 0 saturated carbocycles. The maximum absolute atomic E-state index is 12.8. The Morgan fingerprint density at radius 3 is 2.81 bits per heavy atom. The first kappa shape index (κ1) is 16.2. The molecule has 1 aromatic heterocycles. The van der Waals surface area contributed by atoms with Gasteiger partial charge in [0.15, 0.2) is 0 Å². The second kappa shape index (κ2) is 6.09. The van der Waals surface area contributed by atoms with Crippen molar-refractivity contribution in [1.29, 1.82) is 0 Å². The molecule has 0 aliphatic carbocycles. The van der Waals surface area contributed by atoms with Gasteiger partial charge in [-0.25, -0.2) is 8.42 Å². The third-order valence-electron chi connectivity index (χ3n) is 4.53. The minimum absolute atomic E-state index is 0.335. The van der Waals surface area contributed by atoms with Gasteiger partial charge in [-0.1, -0.05) is 11.6 Å². The lowest BCUT2D eigenvalue weighted by Gasteiger charge is -2.45. The molecule has 3 heterocycles. The fourth-order valence-corrected chi connectivity index (χ4v) is 7.48. The van der Waals surface area contributed by atoms with Gasteiger partial charge < -0.3 is 4.90 Å². The number of piperidine rings is 2. The quantitative estimate of drug-likeness (QED) is 0.747. The molecule has 0 amide bonds. The summed E-state index contributed by atoms with van der Waals surface area (Å²) in [4.78, 5) is 2.39. The molecule has 21 heavy (non-hydrogen) atoms. The number of rotatable bonds is 2. The van der Waals surface area contributed by atoms with Gasteiger partial charge >= 0.3 is 0 Å². The van der Waals surface area contributed by atoms with Crippen molar-refractivity contribution < 1.29 is 8.42 Å². The molecule has 1 aromatic rings. The lowest BCUT2D eigenvalue weighted by atomic mass is 9.85. The van der Waals surface area contributed by atoms with E-state index in [-0.39, 0.29) is 0 Å². The molecule has 2 aliphatic heterocycles. The Balaban J connectivity index is 1.81. The molecule has 8 heteroatoms. The first-order chi connectivity index (χ1) is 9.89. The van der Waals surface area contributed by atoms with Crippen molar-refractivity contribution in [2.45, 2.75) is 29.5 Å². The summed E-state index contributed by atoms with van der Waals surface area (Å²) in [5, 5.41) is 0.464. The number of halogens is 2. The summed E-state index contributed by atoms with van der Waals surface area (Å²) in [6, 6.07) is 2.08. The van der Waals surface area contributed by atoms with Crippen LogP contribution in [0.15, 0.2) is 14.1 Å². The predicted octanol–water partition coefficient (Wildman–Crippen LogP) is 3.27. The maximum Gasteiger partial charge on any atom is 0.252 e. The summed E-state index contributed by atoms with van der Waals surface area (Å²) >= 11 is 10.5. The third kappa shape index (κ3) is 3.05. The second-order valence-corrected chi connectivity index (χ2v) is 10.7. The largest absolute Gasteiger partial charge is 0.303 e. The zero-order valence-electron chi connectivity index (χ0n) is 11.8. The Bertz CT molecular complexity index is 615. The Hall–Kier alpha value is 0.340. The lowest BCUT2D eigenvalue weighted by molar-refractivity contribution is 0.0672. The monoisotopic (exact) mass is 412 g/mol. The summed E-state index contributed by atoms with van der Waals surface area (Å²) in [5.74, 6) is 0.450. The van der Waals surface area contributed by atoms with Crippen LogP contribution in [0.3, 0.4) is 0 Å². The highest BCUT2D eigenvalue weighted by molar-refractivity contribution is 9.11. The topological polar surface area (TPSA) is 40.6 Å². The van der Waals surface area contributed by atoms with Crippen LogP contribution >= 0.6 is 38.9 Å². The number of hydrogen-bond donors (Lipinski definition) is 0. The van der Waals surface area contributed by atoms with E-state index in [0.717, 1.165) is 25.8 Å². The summed E-state index contributed by atoms with van der Waals surface area (Å²) in [5.41, 5.74) is 0. The Morgan fingerprint density at radius 2 is 2.14 bits per heavy atom. The molecule has 0 bridgehead atoms.